The Morgan fingerprint density at radius 1 is 0.653 bits per heavy atom. The second-order valence-electron chi connectivity index (χ2n) is 16.5. The fraction of sp³-hybridized carbons (Fsp3) is 0.600. The average Bonchev–Trinajstić information content (AvgIpc) is 3.37. The first-order valence-electron chi connectivity index (χ1n) is 24.4. The van der Waals surface area contributed by atoms with Crippen molar-refractivity contribution >= 4 is 40.4 Å². The molecule has 72 heavy (non-hydrogen) atoms. The number of carbonyl (C=O) groups excluding carboxylic acids is 2. The van der Waals surface area contributed by atoms with E-state index in [0.29, 0.717) is 157 Å². The Morgan fingerprint density at radius 2 is 1.17 bits per heavy atom. The lowest BCUT2D eigenvalue weighted by molar-refractivity contribution is -0.393. The number of rotatable bonds is 42. The van der Waals surface area contributed by atoms with Crippen molar-refractivity contribution in [3.63, 3.8) is 0 Å². The summed E-state index contributed by atoms with van der Waals surface area (Å²) in [6.45, 7) is 13.1. The Hall–Kier alpha value is -4.75. The SMILES string of the molecule is Cc1cc(CN2CCO[C@@H](CCC(=O)CCc3ccc(C(=O)NCCOCCOCCOCCOCCOCCOCCOCCOCCOCCNc4ccc([N+](=O)[O-])cc4[N+](=O)[O-])cc3)C2)ccc1Cl. The summed E-state index contributed by atoms with van der Waals surface area (Å²) >= 11 is 6.18. The van der Waals surface area contributed by atoms with Gasteiger partial charge in [0.2, 0.25) is 0 Å². The molecule has 3 aromatic rings. The monoisotopic (exact) mass is 1030 g/mol. The van der Waals surface area contributed by atoms with E-state index in [1.807, 2.05) is 25.1 Å². The van der Waals surface area contributed by atoms with Gasteiger partial charge >= 0.3 is 0 Å². The molecule has 3 aromatic carbocycles. The Bertz CT molecular complexity index is 2020. The summed E-state index contributed by atoms with van der Waals surface area (Å²) in [4.78, 5) is 48.3. The molecule has 21 nitrogen and oxygen atoms in total. The van der Waals surface area contributed by atoms with E-state index in [2.05, 4.69) is 27.7 Å². The summed E-state index contributed by atoms with van der Waals surface area (Å²) in [5, 5.41) is 28.5. The molecule has 0 aromatic heterocycles. The first-order valence-corrected chi connectivity index (χ1v) is 24.8. The summed E-state index contributed by atoms with van der Waals surface area (Å²) in [5.41, 5.74) is 3.32. The third-order valence-electron chi connectivity index (χ3n) is 11.0. The zero-order valence-corrected chi connectivity index (χ0v) is 42.2. The van der Waals surface area contributed by atoms with Gasteiger partial charge in [0.25, 0.3) is 17.3 Å². The Labute approximate surface area is 426 Å². The molecule has 4 rings (SSSR count). The van der Waals surface area contributed by atoms with Crippen LogP contribution in [0.25, 0.3) is 0 Å². The highest BCUT2D eigenvalue weighted by molar-refractivity contribution is 6.31. The van der Waals surface area contributed by atoms with E-state index in [0.717, 1.165) is 41.9 Å². The maximum Gasteiger partial charge on any atom is 0.299 e. The lowest BCUT2D eigenvalue weighted by Gasteiger charge is -2.33. The predicted octanol–water partition coefficient (Wildman–Crippen LogP) is 5.64. The molecule has 1 atom stereocenters. The molecule has 1 saturated heterocycles. The minimum Gasteiger partial charge on any atom is -0.377 e. The normalized spacial score (nSPS) is 13.8. The quantitative estimate of drug-likeness (QED) is 0.0396. The fourth-order valence-corrected chi connectivity index (χ4v) is 7.23. The molecule has 0 spiro atoms. The number of ether oxygens (including phenoxy) is 10. The number of nitrogens with zero attached hydrogens (tertiary/aromatic N) is 3. The molecular formula is C50H72ClN5O16. The zero-order valence-electron chi connectivity index (χ0n) is 41.4. The number of benzene rings is 3. The van der Waals surface area contributed by atoms with Gasteiger partial charge in [-0.1, -0.05) is 35.9 Å². The minimum atomic E-state index is -0.684. The summed E-state index contributed by atoms with van der Waals surface area (Å²) in [6, 6.07) is 16.9. The van der Waals surface area contributed by atoms with Crippen LogP contribution in [0.2, 0.25) is 5.02 Å². The summed E-state index contributed by atoms with van der Waals surface area (Å²) < 4.78 is 55.4. The van der Waals surface area contributed by atoms with Crippen LogP contribution < -0.4 is 10.6 Å². The maximum absolute atomic E-state index is 12.7. The smallest absolute Gasteiger partial charge is 0.299 e. The van der Waals surface area contributed by atoms with Crippen LogP contribution in [0.15, 0.2) is 60.7 Å². The standard InChI is InChI=1S/C50H72ClN5O16/c1-40-36-42(5-12-47(40)51)38-54-16-19-72-46(39-54)11-10-45(57)9-4-41-2-6-43(7-3-41)50(58)53-15-18-64-21-23-66-25-27-68-29-31-70-33-35-71-34-32-69-30-28-67-26-24-65-22-20-63-17-14-52-48-13-8-44(55(59)60)37-49(48)56(61)62/h2-3,5-8,12-13,36-37,46,52H,4,9-11,14-35,38-39H2,1H3,(H,53,58)/t46-/m0/s1. The van der Waals surface area contributed by atoms with Gasteiger partial charge in [0, 0.05) is 62.2 Å². The Kier molecular flexibility index (Phi) is 30.8. The van der Waals surface area contributed by atoms with E-state index >= 15 is 0 Å². The van der Waals surface area contributed by atoms with E-state index in [9.17, 15) is 29.8 Å². The van der Waals surface area contributed by atoms with Crippen LogP contribution in [0.4, 0.5) is 17.1 Å². The molecule has 0 radical (unpaired) electrons. The number of carbonyl (C=O) groups is 2. The number of amides is 1. The number of ketones is 1. The van der Waals surface area contributed by atoms with E-state index in [1.54, 1.807) is 12.1 Å². The molecule has 0 unspecified atom stereocenters. The molecule has 22 heteroatoms. The van der Waals surface area contributed by atoms with Gasteiger partial charge in [-0.15, -0.1) is 0 Å². The molecule has 0 saturated carbocycles. The molecule has 0 bridgehead atoms. The van der Waals surface area contributed by atoms with Crippen molar-refractivity contribution in [2.45, 2.75) is 45.3 Å². The van der Waals surface area contributed by atoms with Crippen LogP contribution in [0.5, 0.6) is 0 Å². The van der Waals surface area contributed by atoms with Gasteiger partial charge in [0.1, 0.15) is 11.5 Å². The van der Waals surface area contributed by atoms with Gasteiger partial charge in [-0.2, -0.15) is 0 Å². The number of morpholine rings is 1. The Balaban J connectivity index is 0.825. The number of nitro benzene ring substituents is 2. The zero-order chi connectivity index (χ0) is 51.4. The highest BCUT2D eigenvalue weighted by atomic mass is 35.5. The molecule has 1 amide bonds. The number of Topliss-reactive ketones (excluding diaryl/α,β-unsaturated/α-hetero) is 1. The number of aryl methyl sites for hydroxylation is 2. The van der Waals surface area contributed by atoms with Crippen LogP contribution >= 0.6 is 11.6 Å². The number of nitro groups is 2. The number of anilines is 1. The number of hydrogen-bond donors (Lipinski definition) is 2. The largest absolute Gasteiger partial charge is 0.377 e. The van der Waals surface area contributed by atoms with E-state index in [4.69, 9.17) is 59.0 Å². The molecule has 400 valence electrons. The van der Waals surface area contributed by atoms with Crippen molar-refractivity contribution in [1.82, 2.24) is 10.2 Å². The molecule has 1 fully saturated rings. The third-order valence-corrected chi connectivity index (χ3v) is 11.4. The number of halogens is 1. The van der Waals surface area contributed by atoms with Gasteiger partial charge in [0.15, 0.2) is 0 Å². The Morgan fingerprint density at radius 3 is 1.68 bits per heavy atom. The molecule has 1 aliphatic rings. The summed E-state index contributed by atoms with van der Waals surface area (Å²) in [7, 11) is 0. The number of non-ortho nitro benzene ring substituents is 1. The minimum absolute atomic E-state index is 0.0441. The molecule has 2 N–H and O–H groups in total. The maximum atomic E-state index is 12.7. The van der Waals surface area contributed by atoms with Gasteiger partial charge in [-0.3, -0.25) is 34.7 Å². The van der Waals surface area contributed by atoms with Gasteiger partial charge in [-0.25, -0.2) is 0 Å². The summed E-state index contributed by atoms with van der Waals surface area (Å²) in [6.07, 6.45) is 2.32. The second kappa shape index (κ2) is 37.1. The average molecular weight is 1030 g/mol. The van der Waals surface area contributed by atoms with Crippen LogP contribution in [-0.2, 0) is 65.1 Å². The van der Waals surface area contributed by atoms with E-state index in [1.165, 1.54) is 17.7 Å². The lowest BCUT2D eigenvalue weighted by Crippen LogP contribution is -2.42. The second-order valence-corrected chi connectivity index (χ2v) is 16.9. The van der Waals surface area contributed by atoms with Gasteiger partial charge in [0.05, 0.1) is 148 Å². The first-order chi connectivity index (χ1) is 35.1. The van der Waals surface area contributed by atoms with Gasteiger partial charge in [-0.05, 0) is 60.7 Å². The van der Waals surface area contributed by atoms with Crippen molar-refractivity contribution in [1.29, 1.82) is 0 Å². The molecular weight excluding hydrogens is 962 g/mol. The lowest BCUT2D eigenvalue weighted by atomic mass is 10.0. The first kappa shape index (κ1) is 59.8. The molecule has 0 aliphatic carbocycles. The van der Waals surface area contributed by atoms with Crippen molar-refractivity contribution < 1.29 is 66.8 Å². The van der Waals surface area contributed by atoms with Crippen molar-refractivity contribution in [3.8, 4) is 0 Å². The van der Waals surface area contributed by atoms with Crippen LogP contribution in [0.3, 0.4) is 0 Å². The van der Waals surface area contributed by atoms with Crippen LogP contribution in [-0.4, -0.2) is 184 Å². The topological polar surface area (TPSA) is 240 Å². The summed E-state index contributed by atoms with van der Waals surface area (Å²) in [5.74, 6) is 0.0320. The van der Waals surface area contributed by atoms with E-state index in [-0.39, 0.29) is 48.0 Å². The van der Waals surface area contributed by atoms with Crippen LogP contribution in [0, 0.1) is 27.2 Å². The molecule has 1 aliphatic heterocycles. The third kappa shape index (κ3) is 26.3. The van der Waals surface area contributed by atoms with Gasteiger partial charge < -0.3 is 58.0 Å². The number of nitrogens with one attached hydrogen (secondary N) is 2. The number of hydrogen-bond acceptors (Lipinski definition) is 18. The highest BCUT2D eigenvalue weighted by Gasteiger charge is 2.22. The van der Waals surface area contributed by atoms with Crippen molar-refractivity contribution in [3.05, 3.63) is 108 Å². The van der Waals surface area contributed by atoms with Crippen molar-refractivity contribution in [2.24, 2.45) is 0 Å². The van der Waals surface area contributed by atoms with Crippen LogP contribution in [0.1, 0.15) is 46.3 Å². The predicted molar refractivity (Wildman–Crippen MR) is 268 cm³/mol. The fourth-order valence-electron chi connectivity index (χ4n) is 7.11. The highest BCUT2D eigenvalue weighted by Crippen LogP contribution is 2.28. The molecule has 1 heterocycles. The van der Waals surface area contributed by atoms with Crippen molar-refractivity contribution in [2.75, 3.05) is 157 Å². The van der Waals surface area contributed by atoms with E-state index < -0.39 is 9.85 Å².